The van der Waals surface area contributed by atoms with Crippen molar-refractivity contribution < 1.29 is 0 Å². The van der Waals surface area contributed by atoms with Crippen LogP contribution >= 0.6 is 0 Å². The second-order valence-corrected chi connectivity index (χ2v) is 5.30. The monoisotopic (exact) mass is 246 g/mol. The van der Waals surface area contributed by atoms with Crippen molar-refractivity contribution in [2.75, 3.05) is 19.6 Å². The average Bonchev–Trinajstić information content (AvgIpc) is 2.40. The molecule has 1 aromatic carbocycles. The fraction of sp³-hybridized carbons (Fsp3) is 0.625. The fourth-order valence-electron chi connectivity index (χ4n) is 2.88. The highest BCUT2D eigenvalue weighted by Crippen LogP contribution is 2.14. The van der Waals surface area contributed by atoms with Gasteiger partial charge in [-0.1, -0.05) is 44.5 Å². The Balaban J connectivity index is 1.96. The molecular weight excluding hydrogens is 220 g/mol. The van der Waals surface area contributed by atoms with Crippen LogP contribution < -0.4 is 5.32 Å². The van der Waals surface area contributed by atoms with Gasteiger partial charge in [-0.3, -0.25) is 4.90 Å². The van der Waals surface area contributed by atoms with E-state index >= 15 is 0 Å². The number of hydrogen-bond acceptors (Lipinski definition) is 2. The minimum Gasteiger partial charge on any atom is -0.311 e. The first-order valence-corrected chi connectivity index (χ1v) is 7.36. The molecule has 0 aromatic heterocycles. The zero-order valence-electron chi connectivity index (χ0n) is 11.8. The van der Waals surface area contributed by atoms with Crippen molar-refractivity contribution in [3.63, 3.8) is 0 Å². The number of aryl methyl sites for hydroxylation is 1. The third kappa shape index (κ3) is 3.56. The number of rotatable bonds is 5. The molecule has 1 saturated heterocycles. The predicted octanol–water partition coefficient (Wildman–Crippen LogP) is 2.82. The Labute approximate surface area is 111 Å². The van der Waals surface area contributed by atoms with Gasteiger partial charge in [0.15, 0.2) is 0 Å². The maximum atomic E-state index is 3.62. The van der Waals surface area contributed by atoms with Gasteiger partial charge < -0.3 is 5.32 Å². The molecule has 18 heavy (non-hydrogen) atoms. The largest absolute Gasteiger partial charge is 0.311 e. The van der Waals surface area contributed by atoms with Crippen molar-refractivity contribution in [3.8, 4) is 0 Å². The molecular formula is C16H26N2. The van der Waals surface area contributed by atoms with Gasteiger partial charge in [0.1, 0.15) is 0 Å². The van der Waals surface area contributed by atoms with Crippen LogP contribution in [0.5, 0.6) is 0 Å². The number of nitrogens with zero attached hydrogens (tertiary/aromatic N) is 1. The summed E-state index contributed by atoms with van der Waals surface area (Å²) in [6, 6.07) is 9.56. The first kappa shape index (κ1) is 13.6. The second kappa shape index (κ2) is 6.91. The van der Waals surface area contributed by atoms with Gasteiger partial charge in [0.25, 0.3) is 0 Å². The standard InChI is InChI=1S/C16H26N2/c1-3-7-16-13-18(11-10-17-16)12-15-9-6-5-8-14(15)4-2/h5-6,8-9,16-17H,3-4,7,10-13H2,1-2H3. The first-order valence-electron chi connectivity index (χ1n) is 7.36. The highest BCUT2D eigenvalue weighted by molar-refractivity contribution is 5.27. The molecule has 1 aliphatic heterocycles. The Morgan fingerprint density at radius 2 is 2.00 bits per heavy atom. The summed E-state index contributed by atoms with van der Waals surface area (Å²) in [6.45, 7) is 9.15. The van der Waals surface area contributed by atoms with E-state index in [2.05, 4.69) is 48.3 Å². The molecule has 1 atom stereocenters. The first-order chi connectivity index (χ1) is 8.83. The summed E-state index contributed by atoms with van der Waals surface area (Å²) in [4.78, 5) is 2.60. The van der Waals surface area contributed by atoms with Gasteiger partial charge in [-0.2, -0.15) is 0 Å². The Hall–Kier alpha value is -0.860. The fourth-order valence-corrected chi connectivity index (χ4v) is 2.88. The van der Waals surface area contributed by atoms with E-state index in [0.717, 1.165) is 19.5 Å². The van der Waals surface area contributed by atoms with Gasteiger partial charge in [0.05, 0.1) is 0 Å². The molecule has 0 spiro atoms. The zero-order chi connectivity index (χ0) is 12.8. The summed E-state index contributed by atoms with van der Waals surface area (Å²) in [7, 11) is 0. The van der Waals surface area contributed by atoms with Crippen molar-refractivity contribution in [3.05, 3.63) is 35.4 Å². The summed E-state index contributed by atoms with van der Waals surface area (Å²) in [5, 5.41) is 3.62. The molecule has 1 heterocycles. The molecule has 0 bridgehead atoms. The minimum absolute atomic E-state index is 0.692. The predicted molar refractivity (Wildman–Crippen MR) is 77.8 cm³/mol. The molecule has 1 aliphatic rings. The van der Waals surface area contributed by atoms with E-state index in [1.807, 2.05) is 0 Å². The Bertz CT molecular complexity index is 360. The molecule has 1 aromatic rings. The Kier molecular flexibility index (Phi) is 5.21. The van der Waals surface area contributed by atoms with Crippen LogP contribution in [0.2, 0.25) is 0 Å². The van der Waals surface area contributed by atoms with E-state index in [0.29, 0.717) is 6.04 Å². The van der Waals surface area contributed by atoms with Gasteiger partial charge in [-0.05, 0) is 24.0 Å². The molecule has 0 amide bonds. The second-order valence-electron chi connectivity index (χ2n) is 5.30. The van der Waals surface area contributed by atoms with Crippen molar-refractivity contribution in [2.45, 2.75) is 45.7 Å². The quantitative estimate of drug-likeness (QED) is 0.859. The molecule has 1 fully saturated rings. The maximum absolute atomic E-state index is 3.62. The van der Waals surface area contributed by atoms with Gasteiger partial charge in [-0.25, -0.2) is 0 Å². The van der Waals surface area contributed by atoms with Crippen molar-refractivity contribution in [1.29, 1.82) is 0 Å². The molecule has 2 heteroatoms. The molecule has 100 valence electrons. The van der Waals surface area contributed by atoms with E-state index < -0.39 is 0 Å². The van der Waals surface area contributed by atoms with Crippen LogP contribution in [0.4, 0.5) is 0 Å². The Morgan fingerprint density at radius 3 is 2.72 bits per heavy atom. The normalized spacial score (nSPS) is 21.1. The van der Waals surface area contributed by atoms with Gasteiger partial charge in [0.2, 0.25) is 0 Å². The lowest BCUT2D eigenvalue weighted by molar-refractivity contribution is 0.186. The zero-order valence-corrected chi connectivity index (χ0v) is 11.8. The lowest BCUT2D eigenvalue weighted by Crippen LogP contribution is -2.50. The van der Waals surface area contributed by atoms with Crippen molar-refractivity contribution in [1.82, 2.24) is 10.2 Å². The van der Waals surface area contributed by atoms with Crippen LogP contribution in [0, 0.1) is 0 Å². The SMILES string of the molecule is CCCC1CN(Cc2ccccc2CC)CCN1. The van der Waals surface area contributed by atoms with Crippen LogP contribution in [0.15, 0.2) is 24.3 Å². The third-order valence-corrected chi connectivity index (χ3v) is 3.87. The van der Waals surface area contributed by atoms with Crippen molar-refractivity contribution >= 4 is 0 Å². The lowest BCUT2D eigenvalue weighted by atomic mass is 10.0. The number of hydrogen-bond donors (Lipinski definition) is 1. The topological polar surface area (TPSA) is 15.3 Å². The minimum atomic E-state index is 0.692. The summed E-state index contributed by atoms with van der Waals surface area (Å²) < 4.78 is 0. The number of nitrogens with one attached hydrogen (secondary N) is 1. The molecule has 2 rings (SSSR count). The average molecular weight is 246 g/mol. The summed E-state index contributed by atoms with van der Waals surface area (Å²) in [5.41, 5.74) is 3.01. The van der Waals surface area contributed by atoms with Crippen LogP contribution in [-0.2, 0) is 13.0 Å². The van der Waals surface area contributed by atoms with E-state index in [9.17, 15) is 0 Å². The van der Waals surface area contributed by atoms with E-state index in [1.165, 1.54) is 37.1 Å². The van der Waals surface area contributed by atoms with Crippen molar-refractivity contribution in [2.24, 2.45) is 0 Å². The number of piperazine rings is 1. The van der Waals surface area contributed by atoms with Gasteiger partial charge >= 0.3 is 0 Å². The van der Waals surface area contributed by atoms with Crippen LogP contribution in [0.25, 0.3) is 0 Å². The lowest BCUT2D eigenvalue weighted by Gasteiger charge is -2.34. The maximum Gasteiger partial charge on any atom is 0.0237 e. The molecule has 0 aliphatic carbocycles. The third-order valence-electron chi connectivity index (χ3n) is 3.87. The van der Waals surface area contributed by atoms with Gasteiger partial charge in [0, 0.05) is 32.2 Å². The van der Waals surface area contributed by atoms with E-state index in [1.54, 1.807) is 0 Å². The van der Waals surface area contributed by atoms with Crippen LogP contribution in [0.1, 0.15) is 37.8 Å². The summed E-state index contributed by atoms with van der Waals surface area (Å²) in [5.74, 6) is 0. The van der Waals surface area contributed by atoms with Crippen LogP contribution in [-0.4, -0.2) is 30.6 Å². The molecule has 1 N–H and O–H groups in total. The van der Waals surface area contributed by atoms with E-state index in [4.69, 9.17) is 0 Å². The highest BCUT2D eigenvalue weighted by atomic mass is 15.2. The summed E-state index contributed by atoms with van der Waals surface area (Å²) >= 11 is 0. The smallest absolute Gasteiger partial charge is 0.0237 e. The highest BCUT2D eigenvalue weighted by Gasteiger charge is 2.18. The summed E-state index contributed by atoms with van der Waals surface area (Å²) in [6.07, 6.45) is 3.71. The Morgan fingerprint density at radius 1 is 1.22 bits per heavy atom. The molecule has 0 radical (unpaired) electrons. The molecule has 2 nitrogen and oxygen atoms in total. The molecule has 1 unspecified atom stereocenters. The number of benzene rings is 1. The van der Waals surface area contributed by atoms with Gasteiger partial charge in [-0.15, -0.1) is 0 Å². The van der Waals surface area contributed by atoms with E-state index in [-0.39, 0.29) is 0 Å². The molecule has 0 saturated carbocycles. The van der Waals surface area contributed by atoms with Crippen LogP contribution in [0.3, 0.4) is 0 Å².